The van der Waals surface area contributed by atoms with E-state index in [2.05, 4.69) is 9.80 Å². The molecule has 4 nitrogen and oxygen atoms in total. The number of benzene rings is 2. The summed E-state index contributed by atoms with van der Waals surface area (Å²) in [5.74, 6) is -1.11. The molecule has 0 atom stereocenters. The van der Waals surface area contributed by atoms with Gasteiger partial charge in [-0.15, -0.1) is 0 Å². The Labute approximate surface area is 134 Å². The summed E-state index contributed by atoms with van der Waals surface area (Å²) in [5.41, 5.74) is 3.20. The minimum Gasteiger partial charge on any atom is -0.478 e. The first kappa shape index (κ1) is 15.3. The number of nitrogens with zero attached hydrogens (tertiary/aromatic N) is 2. The van der Waals surface area contributed by atoms with Crippen molar-refractivity contribution >= 4 is 17.3 Å². The molecule has 1 N–H and O–H groups in total. The van der Waals surface area contributed by atoms with Crippen molar-refractivity contribution in [3.8, 4) is 0 Å². The van der Waals surface area contributed by atoms with Crippen LogP contribution in [-0.4, -0.2) is 37.3 Å². The predicted octanol–water partition coefficient (Wildman–Crippen LogP) is 3.16. The van der Waals surface area contributed by atoms with Crippen LogP contribution in [0.3, 0.4) is 0 Å². The molecule has 1 aliphatic rings. The van der Waals surface area contributed by atoms with E-state index in [1.165, 1.54) is 12.1 Å². The third kappa shape index (κ3) is 3.28. The first-order valence-electron chi connectivity index (χ1n) is 7.64. The summed E-state index contributed by atoms with van der Waals surface area (Å²) < 4.78 is 13.0. The van der Waals surface area contributed by atoms with Crippen molar-refractivity contribution in [1.82, 2.24) is 0 Å². The zero-order valence-electron chi connectivity index (χ0n) is 13.0. The number of aryl methyl sites for hydroxylation is 1. The zero-order valence-corrected chi connectivity index (χ0v) is 13.0. The number of hydrogen-bond donors (Lipinski definition) is 1. The number of rotatable bonds is 3. The van der Waals surface area contributed by atoms with Crippen molar-refractivity contribution in [2.75, 3.05) is 36.0 Å². The maximum atomic E-state index is 13.0. The second-order valence-corrected chi connectivity index (χ2v) is 5.75. The fourth-order valence-corrected chi connectivity index (χ4v) is 2.96. The summed E-state index contributed by atoms with van der Waals surface area (Å²) in [5, 5.41) is 9.10. The van der Waals surface area contributed by atoms with Crippen molar-refractivity contribution in [3.05, 3.63) is 59.4 Å². The Balaban J connectivity index is 1.68. The van der Waals surface area contributed by atoms with Gasteiger partial charge in [0.25, 0.3) is 0 Å². The van der Waals surface area contributed by atoms with Crippen molar-refractivity contribution in [1.29, 1.82) is 0 Å². The molecule has 120 valence electrons. The fraction of sp³-hybridized carbons (Fsp3) is 0.278. The lowest BCUT2D eigenvalue weighted by atomic mass is 10.1. The topological polar surface area (TPSA) is 43.8 Å². The minimum atomic E-state index is -0.893. The zero-order chi connectivity index (χ0) is 16.4. The lowest BCUT2D eigenvalue weighted by Crippen LogP contribution is -2.46. The number of carboxylic acid groups (broad SMARTS) is 1. The van der Waals surface area contributed by atoms with Crippen LogP contribution in [0.2, 0.25) is 0 Å². The predicted molar refractivity (Wildman–Crippen MR) is 89.0 cm³/mol. The fourth-order valence-electron chi connectivity index (χ4n) is 2.96. The standard InChI is InChI=1S/C18H19FN2O2/c1-13-12-16(6-7-17(13)18(22)23)21-10-8-20(9-11-21)15-4-2-14(19)3-5-15/h2-7,12H,8-11H2,1H3,(H,22,23). The highest BCUT2D eigenvalue weighted by Gasteiger charge is 2.18. The summed E-state index contributed by atoms with van der Waals surface area (Å²) in [6.07, 6.45) is 0. The van der Waals surface area contributed by atoms with Gasteiger partial charge >= 0.3 is 5.97 Å². The molecule has 0 amide bonds. The average Bonchev–Trinajstić information content (AvgIpc) is 2.55. The number of halogens is 1. The van der Waals surface area contributed by atoms with Gasteiger partial charge in [0.2, 0.25) is 0 Å². The van der Waals surface area contributed by atoms with Crippen LogP contribution in [-0.2, 0) is 0 Å². The summed E-state index contributed by atoms with van der Waals surface area (Å²) in [4.78, 5) is 15.6. The van der Waals surface area contributed by atoms with Gasteiger partial charge in [-0.1, -0.05) is 0 Å². The molecule has 0 saturated carbocycles. The van der Waals surface area contributed by atoms with Gasteiger partial charge in [0.05, 0.1) is 5.56 Å². The highest BCUT2D eigenvalue weighted by atomic mass is 19.1. The van der Waals surface area contributed by atoms with Crippen LogP contribution >= 0.6 is 0 Å². The highest BCUT2D eigenvalue weighted by Crippen LogP contribution is 2.23. The van der Waals surface area contributed by atoms with Gasteiger partial charge in [0, 0.05) is 37.6 Å². The van der Waals surface area contributed by atoms with E-state index in [-0.39, 0.29) is 5.82 Å². The monoisotopic (exact) mass is 314 g/mol. The maximum Gasteiger partial charge on any atom is 0.335 e. The van der Waals surface area contributed by atoms with Crippen molar-refractivity contribution in [3.63, 3.8) is 0 Å². The molecule has 1 saturated heterocycles. The van der Waals surface area contributed by atoms with E-state index >= 15 is 0 Å². The van der Waals surface area contributed by atoms with Crippen molar-refractivity contribution in [2.24, 2.45) is 0 Å². The normalized spacial score (nSPS) is 14.9. The molecule has 1 aliphatic heterocycles. The van der Waals surface area contributed by atoms with Crippen molar-refractivity contribution in [2.45, 2.75) is 6.92 Å². The van der Waals surface area contributed by atoms with E-state index in [0.717, 1.165) is 43.1 Å². The second kappa shape index (κ2) is 6.28. The molecular formula is C18H19FN2O2. The molecule has 2 aromatic rings. The van der Waals surface area contributed by atoms with E-state index in [4.69, 9.17) is 5.11 Å². The van der Waals surface area contributed by atoms with Gasteiger partial charge in [0.1, 0.15) is 5.82 Å². The Bertz CT molecular complexity index is 707. The lowest BCUT2D eigenvalue weighted by Gasteiger charge is -2.37. The first-order valence-corrected chi connectivity index (χ1v) is 7.64. The number of piperazine rings is 1. The number of carbonyl (C=O) groups is 1. The molecule has 0 aliphatic carbocycles. The van der Waals surface area contributed by atoms with Crippen LogP contribution in [0.25, 0.3) is 0 Å². The molecule has 5 heteroatoms. The minimum absolute atomic E-state index is 0.221. The van der Waals surface area contributed by atoms with Crippen LogP contribution < -0.4 is 9.80 Å². The number of hydrogen-bond acceptors (Lipinski definition) is 3. The second-order valence-electron chi connectivity index (χ2n) is 5.75. The number of carboxylic acids is 1. The third-order valence-corrected chi connectivity index (χ3v) is 4.28. The van der Waals surface area contributed by atoms with Gasteiger partial charge in [-0.05, 0) is 55.0 Å². The Morgan fingerprint density at radius 2 is 1.48 bits per heavy atom. The van der Waals surface area contributed by atoms with Crippen LogP contribution in [0.4, 0.5) is 15.8 Å². The molecule has 1 fully saturated rings. The number of anilines is 2. The average molecular weight is 314 g/mol. The van der Waals surface area contributed by atoms with Gasteiger partial charge < -0.3 is 14.9 Å². The number of aromatic carboxylic acids is 1. The molecule has 3 rings (SSSR count). The third-order valence-electron chi connectivity index (χ3n) is 4.28. The maximum absolute atomic E-state index is 13.0. The van der Waals surface area contributed by atoms with E-state index in [0.29, 0.717) is 5.56 Å². The van der Waals surface area contributed by atoms with Crippen LogP contribution in [0, 0.1) is 12.7 Å². The SMILES string of the molecule is Cc1cc(N2CCN(c3ccc(F)cc3)CC2)ccc1C(=O)O. The highest BCUT2D eigenvalue weighted by molar-refractivity contribution is 5.89. The summed E-state index contributed by atoms with van der Waals surface area (Å²) in [6.45, 7) is 5.23. The quantitative estimate of drug-likeness (QED) is 0.945. The lowest BCUT2D eigenvalue weighted by molar-refractivity contribution is 0.0696. The van der Waals surface area contributed by atoms with Crippen molar-refractivity contribution < 1.29 is 14.3 Å². The first-order chi connectivity index (χ1) is 11.0. The largest absolute Gasteiger partial charge is 0.478 e. The Morgan fingerprint density at radius 1 is 0.957 bits per heavy atom. The van der Waals surface area contributed by atoms with E-state index < -0.39 is 5.97 Å². The van der Waals surface area contributed by atoms with Crippen LogP contribution in [0.15, 0.2) is 42.5 Å². The Morgan fingerprint density at radius 3 is 2.00 bits per heavy atom. The van der Waals surface area contributed by atoms with Gasteiger partial charge in [0.15, 0.2) is 0 Å². The van der Waals surface area contributed by atoms with E-state index in [9.17, 15) is 9.18 Å². The van der Waals surface area contributed by atoms with Crippen LogP contribution in [0.1, 0.15) is 15.9 Å². The van der Waals surface area contributed by atoms with E-state index in [1.54, 1.807) is 18.2 Å². The smallest absolute Gasteiger partial charge is 0.335 e. The van der Waals surface area contributed by atoms with E-state index in [1.807, 2.05) is 19.1 Å². The summed E-state index contributed by atoms with van der Waals surface area (Å²) in [7, 11) is 0. The summed E-state index contributed by atoms with van der Waals surface area (Å²) >= 11 is 0. The molecule has 0 unspecified atom stereocenters. The molecule has 0 radical (unpaired) electrons. The summed E-state index contributed by atoms with van der Waals surface area (Å²) in [6, 6.07) is 12.0. The van der Waals surface area contributed by atoms with Gasteiger partial charge in [-0.2, -0.15) is 0 Å². The Hall–Kier alpha value is -2.56. The molecular weight excluding hydrogens is 295 g/mol. The molecule has 23 heavy (non-hydrogen) atoms. The molecule has 2 aromatic carbocycles. The van der Waals surface area contributed by atoms with Gasteiger partial charge in [-0.25, -0.2) is 9.18 Å². The molecule has 1 heterocycles. The molecule has 0 bridgehead atoms. The van der Waals surface area contributed by atoms with Crippen LogP contribution in [0.5, 0.6) is 0 Å². The molecule has 0 spiro atoms. The van der Waals surface area contributed by atoms with Gasteiger partial charge in [-0.3, -0.25) is 0 Å². The Kier molecular flexibility index (Phi) is 4.19. The molecule has 0 aromatic heterocycles.